The van der Waals surface area contributed by atoms with E-state index in [0.717, 1.165) is 0 Å². The highest BCUT2D eigenvalue weighted by molar-refractivity contribution is 6.58. The van der Waals surface area contributed by atoms with Crippen LogP contribution in [0.15, 0.2) is 42.6 Å². The van der Waals surface area contributed by atoms with Gasteiger partial charge in [-0.1, -0.05) is 12.1 Å². The number of anilines is 1. The number of benzene rings is 1. The van der Waals surface area contributed by atoms with Gasteiger partial charge in [-0.05, 0) is 29.7 Å². The Morgan fingerprint density at radius 2 is 1.95 bits per heavy atom. The van der Waals surface area contributed by atoms with Gasteiger partial charge in [-0.2, -0.15) is 5.26 Å². The molecule has 0 spiro atoms. The highest BCUT2D eigenvalue weighted by atomic mass is 16.4. The molecule has 0 atom stereocenters. The molecule has 98 valence electrons. The van der Waals surface area contributed by atoms with Crippen molar-refractivity contribution in [3.8, 4) is 6.07 Å². The van der Waals surface area contributed by atoms with Crippen molar-refractivity contribution in [2.75, 3.05) is 5.32 Å². The maximum atomic E-state index is 11.9. The lowest BCUT2D eigenvalue weighted by molar-refractivity contribution is 0.102. The molecule has 0 radical (unpaired) electrons. The van der Waals surface area contributed by atoms with Crippen LogP contribution >= 0.6 is 0 Å². The first-order chi connectivity index (χ1) is 9.60. The predicted molar refractivity (Wildman–Crippen MR) is 73.2 cm³/mol. The molecule has 1 aromatic heterocycles. The molecule has 1 amide bonds. The van der Waals surface area contributed by atoms with Gasteiger partial charge in [-0.25, -0.2) is 4.98 Å². The number of rotatable bonds is 3. The molecule has 0 saturated carbocycles. The van der Waals surface area contributed by atoms with Gasteiger partial charge in [0.2, 0.25) is 0 Å². The molecule has 0 fully saturated rings. The summed E-state index contributed by atoms with van der Waals surface area (Å²) in [4.78, 5) is 15.9. The Morgan fingerprint density at radius 3 is 2.55 bits per heavy atom. The maximum absolute atomic E-state index is 11.9. The van der Waals surface area contributed by atoms with Crippen molar-refractivity contribution in [2.45, 2.75) is 0 Å². The maximum Gasteiger partial charge on any atom is 0.488 e. The number of hydrogen-bond donors (Lipinski definition) is 3. The minimum absolute atomic E-state index is 0.278. The zero-order chi connectivity index (χ0) is 14.5. The highest BCUT2D eigenvalue weighted by Crippen LogP contribution is 2.08. The summed E-state index contributed by atoms with van der Waals surface area (Å²) >= 11 is 0. The monoisotopic (exact) mass is 267 g/mol. The van der Waals surface area contributed by atoms with E-state index in [4.69, 9.17) is 15.3 Å². The summed E-state index contributed by atoms with van der Waals surface area (Å²) in [5.41, 5.74) is 1.04. The quantitative estimate of drug-likeness (QED) is 0.672. The van der Waals surface area contributed by atoms with Gasteiger partial charge in [0.25, 0.3) is 5.91 Å². The van der Waals surface area contributed by atoms with Crippen molar-refractivity contribution in [1.29, 1.82) is 5.26 Å². The van der Waals surface area contributed by atoms with Gasteiger partial charge < -0.3 is 15.4 Å². The number of nitrogens with zero attached hydrogens (tertiary/aromatic N) is 2. The van der Waals surface area contributed by atoms with Crippen LogP contribution in [0.2, 0.25) is 0 Å². The number of carbonyl (C=O) groups excluding carboxylic acids is 1. The first-order valence-electron chi connectivity index (χ1n) is 5.74. The average Bonchev–Trinajstić information content (AvgIpc) is 2.47. The third kappa shape index (κ3) is 3.20. The molecule has 2 rings (SSSR count). The van der Waals surface area contributed by atoms with Crippen LogP contribution in [0.4, 0.5) is 5.82 Å². The topological polar surface area (TPSA) is 106 Å². The van der Waals surface area contributed by atoms with Gasteiger partial charge in [0.05, 0.1) is 11.6 Å². The molecule has 0 aliphatic rings. The number of nitrogens with one attached hydrogen (secondary N) is 1. The summed E-state index contributed by atoms with van der Waals surface area (Å²) in [7, 11) is -1.57. The minimum atomic E-state index is -1.57. The van der Waals surface area contributed by atoms with Gasteiger partial charge in [0, 0.05) is 11.8 Å². The van der Waals surface area contributed by atoms with E-state index in [1.165, 1.54) is 42.6 Å². The van der Waals surface area contributed by atoms with E-state index in [-0.39, 0.29) is 5.82 Å². The Balaban J connectivity index is 2.13. The minimum Gasteiger partial charge on any atom is -0.423 e. The lowest BCUT2D eigenvalue weighted by Crippen LogP contribution is -2.29. The standard InChI is InChI=1S/C13H10BN3O3/c15-8-9-5-6-16-12(7-9)17-13(18)10-1-3-11(4-2-10)14(19)20/h1-7,19-20H,(H,16,17,18). The second-order valence-electron chi connectivity index (χ2n) is 3.99. The van der Waals surface area contributed by atoms with Crippen LogP contribution in [-0.4, -0.2) is 28.1 Å². The lowest BCUT2D eigenvalue weighted by Gasteiger charge is -2.05. The van der Waals surface area contributed by atoms with E-state index in [1.54, 1.807) is 0 Å². The van der Waals surface area contributed by atoms with Gasteiger partial charge in [0.1, 0.15) is 5.82 Å². The predicted octanol–water partition coefficient (Wildman–Crippen LogP) is -0.115. The molecule has 20 heavy (non-hydrogen) atoms. The molecule has 6 nitrogen and oxygen atoms in total. The normalized spacial score (nSPS) is 9.65. The highest BCUT2D eigenvalue weighted by Gasteiger charge is 2.12. The van der Waals surface area contributed by atoms with Gasteiger partial charge in [-0.15, -0.1) is 0 Å². The van der Waals surface area contributed by atoms with Crippen LogP contribution in [0.25, 0.3) is 0 Å². The average molecular weight is 267 g/mol. The summed E-state index contributed by atoms with van der Waals surface area (Å²) in [6.45, 7) is 0. The van der Waals surface area contributed by atoms with Crippen LogP contribution < -0.4 is 10.8 Å². The first-order valence-corrected chi connectivity index (χ1v) is 5.74. The number of aromatic nitrogens is 1. The molecule has 0 aliphatic carbocycles. The van der Waals surface area contributed by atoms with Gasteiger partial charge in [0.15, 0.2) is 0 Å². The second-order valence-corrected chi connectivity index (χ2v) is 3.99. The largest absolute Gasteiger partial charge is 0.488 e. The zero-order valence-electron chi connectivity index (χ0n) is 10.3. The first kappa shape index (κ1) is 13.7. The molecular weight excluding hydrogens is 257 g/mol. The van der Waals surface area contributed by atoms with Crippen molar-refractivity contribution in [3.63, 3.8) is 0 Å². The fraction of sp³-hybridized carbons (Fsp3) is 0. The number of amides is 1. The summed E-state index contributed by atoms with van der Waals surface area (Å²) in [5.74, 6) is -0.119. The van der Waals surface area contributed by atoms with Crippen molar-refractivity contribution >= 4 is 24.3 Å². The third-order valence-corrected chi connectivity index (χ3v) is 2.60. The van der Waals surface area contributed by atoms with E-state index < -0.39 is 13.0 Å². The van der Waals surface area contributed by atoms with E-state index in [2.05, 4.69) is 10.3 Å². The Bertz CT molecular complexity index is 665. The number of hydrogen-bond acceptors (Lipinski definition) is 5. The molecule has 0 saturated heterocycles. The van der Waals surface area contributed by atoms with E-state index >= 15 is 0 Å². The third-order valence-electron chi connectivity index (χ3n) is 2.60. The SMILES string of the molecule is N#Cc1ccnc(NC(=O)c2ccc(B(O)O)cc2)c1. The van der Waals surface area contributed by atoms with Crippen molar-refractivity contribution in [3.05, 3.63) is 53.7 Å². The summed E-state index contributed by atoms with van der Waals surface area (Å²) < 4.78 is 0. The lowest BCUT2D eigenvalue weighted by atomic mass is 9.80. The van der Waals surface area contributed by atoms with Crippen LogP contribution in [0.3, 0.4) is 0 Å². The van der Waals surface area contributed by atoms with E-state index in [9.17, 15) is 4.79 Å². The Hall–Kier alpha value is -2.69. The molecule has 1 aromatic carbocycles. The van der Waals surface area contributed by atoms with Gasteiger partial charge >= 0.3 is 7.12 Å². The molecule has 0 unspecified atom stereocenters. The summed E-state index contributed by atoms with van der Waals surface area (Å²) in [6, 6.07) is 10.8. The number of nitriles is 1. The van der Waals surface area contributed by atoms with Crippen molar-refractivity contribution in [1.82, 2.24) is 4.98 Å². The fourth-order valence-corrected chi connectivity index (χ4v) is 1.56. The summed E-state index contributed by atoms with van der Waals surface area (Å²) in [5, 5.41) is 29.2. The number of pyridine rings is 1. The second kappa shape index (κ2) is 5.97. The molecule has 0 bridgehead atoms. The van der Waals surface area contributed by atoms with E-state index in [0.29, 0.717) is 16.6 Å². The molecule has 1 heterocycles. The Morgan fingerprint density at radius 1 is 1.25 bits per heavy atom. The molecule has 7 heteroatoms. The Labute approximate surface area is 115 Å². The summed E-state index contributed by atoms with van der Waals surface area (Å²) in [6.07, 6.45) is 1.43. The molecule has 3 N–H and O–H groups in total. The van der Waals surface area contributed by atoms with Crippen LogP contribution in [0.1, 0.15) is 15.9 Å². The van der Waals surface area contributed by atoms with Crippen LogP contribution in [-0.2, 0) is 0 Å². The zero-order valence-corrected chi connectivity index (χ0v) is 10.3. The molecule has 2 aromatic rings. The van der Waals surface area contributed by atoms with Gasteiger partial charge in [-0.3, -0.25) is 4.79 Å². The van der Waals surface area contributed by atoms with E-state index in [1.807, 2.05) is 6.07 Å². The molecule has 0 aliphatic heterocycles. The van der Waals surface area contributed by atoms with Crippen molar-refractivity contribution in [2.24, 2.45) is 0 Å². The fourth-order valence-electron chi connectivity index (χ4n) is 1.56. The number of carbonyl (C=O) groups is 1. The van der Waals surface area contributed by atoms with Crippen LogP contribution in [0, 0.1) is 11.3 Å². The van der Waals surface area contributed by atoms with Crippen molar-refractivity contribution < 1.29 is 14.8 Å². The smallest absolute Gasteiger partial charge is 0.423 e. The van der Waals surface area contributed by atoms with Crippen LogP contribution in [0.5, 0.6) is 0 Å². The Kier molecular flexibility index (Phi) is 4.10. The molecular formula is C13H10BN3O3.